The summed E-state index contributed by atoms with van der Waals surface area (Å²) in [4.78, 5) is 11.8. The molecule has 0 unspecified atom stereocenters. The number of hydrogen-bond donors (Lipinski definition) is 2. The van der Waals surface area contributed by atoms with E-state index in [4.69, 9.17) is 4.74 Å². The summed E-state index contributed by atoms with van der Waals surface area (Å²) in [7, 11) is 0. The van der Waals surface area contributed by atoms with Gasteiger partial charge in [-0.25, -0.2) is 8.78 Å². The van der Waals surface area contributed by atoms with Gasteiger partial charge in [-0.3, -0.25) is 0 Å². The third-order valence-electron chi connectivity index (χ3n) is 1.84. The molecule has 1 aromatic heterocycles. The number of halogens is 2. The van der Waals surface area contributed by atoms with Gasteiger partial charge in [0.15, 0.2) is 0 Å². The van der Waals surface area contributed by atoms with Crippen LogP contribution in [0, 0.1) is 0 Å². The summed E-state index contributed by atoms with van der Waals surface area (Å²) in [5.74, 6) is 0.388. The van der Waals surface area contributed by atoms with Gasteiger partial charge in [-0.1, -0.05) is 6.92 Å². The number of rotatable bonds is 8. The molecule has 0 bridgehead atoms. The molecule has 0 saturated heterocycles. The predicted molar refractivity (Wildman–Crippen MR) is 64.3 cm³/mol. The van der Waals surface area contributed by atoms with Crippen molar-refractivity contribution in [2.24, 2.45) is 0 Å². The molecule has 0 aliphatic heterocycles. The highest BCUT2D eigenvalue weighted by molar-refractivity contribution is 5.35. The van der Waals surface area contributed by atoms with Gasteiger partial charge in [-0.2, -0.15) is 15.0 Å². The van der Waals surface area contributed by atoms with Crippen LogP contribution < -0.4 is 15.4 Å². The van der Waals surface area contributed by atoms with Crippen LogP contribution in [0.15, 0.2) is 0 Å². The number of ether oxygens (including phenoxy) is 1. The Labute approximate surface area is 104 Å². The molecule has 0 saturated carbocycles. The fourth-order valence-electron chi connectivity index (χ4n) is 1.11. The Balaban J connectivity index is 2.76. The number of anilines is 2. The van der Waals surface area contributed by atoms with Crippen molar-refractivity contribution in [3.63, 3.8) is 0 Å². The minimum Gasteiger partial charge on any atom is -0.464 e. The largest absolute Gasteiger partial charge is 0.464 e. The van der Waals surface area contributed by atoms with Gasteiger partial charge in [0.25, 0.3) is 6.43 Å². The van der Waals surface area contributed by atoms with E-state index in [0.717, 1.165) is 6.42 Å². The van der Waals surface area contributed by atoms with Gasteiger partial charge in [0.2, 0.25) is 11.9 Å². The first-order valence-electron chi connectivity index (χ1n) is 5.80. The van der Waals surface area contributed by atoms with Crippen molar-refractivity contribution in [1.82, 2.24) is 15.0 Å². The lowest BCUT2D eigenvalue weighted by atomic mass is 10.5. The van der Waals surface area contributed by atoms with Crippen molar-refractivity contribution in [3.8, 4) is 6.01 Å². The zero-order valence-electron chi connectivity index (χ0n) is 10.4. The molecule has 0 spiro atoms. The van der Waals surface area contributed by atoms with Crippen molar-refractivity contribution < 1.29 is 13.5 Å². The SMILES string of the molecule is CCCNc1nc(NCC(F)F)nc(OCC)n1. The first kappa shape index (κ1) is 14.3. The average molecular weight is 261 g/mol. The van der Waals surface area contributed by atoms with Crippen molar-refractivity contribution >= 4 is 11.9 Å². The van der Waals surface area contributed by atoms with Crippen LogP contribution in [-0.2, 0) is 0 Å². The first-order valence-corrected chi connectivity index (χ1v) is 5.80. The maximum atomic E-state index is 12.1. The lowest BCUT2D eigenvalue weighted by Crippen LogP contribution is -2.15. The fraction of sp³-hybridized carbons (Fsp3) is 0.700. The van der Waals surface area contributed by atoms with Gasteiger partial charge < -0.3 is 15.4 Å². The van der Waals surface area contributed by atoms with Gasteiger partial charge in [-0.05, 0) is 13.3 Å². The van der Waals surface area contributed by atoms with Crippen LogP contribution >= 0.6 is 0 Å². The summed E-state index contributed by atoms with van der Waals surface area (Å²) in [5, 5.41) is 5.38. The van der Waals surface area contributed by atoms with Gasteiger partial charge >= 0.3 is 6.01 Å². The van der Waals surface area contributed by atoms with Crippen molar-refractivity contribution in [3.05, 3.63) is 0 Å². The molecule has 18 heavy (non-hydrogen) atoms. The average Bonchev–Trinajstić information content (AvgIpc) is 2.34. The van der Waals surface area contributed by atoms with E-state index in [1.807, 2.05) is 6.92 Å². The highest BCUT2D eigenvalue weighted by Gasteiger charge is 2.09. The molecule has 1 aromatic rings. The highest BCUT2D eigenvalue weighted by Crippen LogP contribution is 2.11. The molecule has 0 aliphatic rings. The van der Waals surface area contributed by atoms with E-state index in [0.29, 0.717) is 19.1 Å². The van der Waals surface area contributed by atoms with Gasteiger partial charge in [0, 0.05) is 6.54 Å². The van der Waals surface area contributed by atoms with E-state index >= 15 is 0 Å². The van der Waals surface area contributed by atoms with Crippen molar-refractivity contribution in [1.29, 1.82) is 0 Å². The zero-order chi connectivity index (χ0) is 13.4. The molecule has 0 radical (unpaired) electrons. The lowest BCUT2D eigenvalue weighted by Gasteiger charge is -2.09. The number of alkyl halides is 2. The Kier molecular flexibility index (Phi) is 6.03. The molecule has 0 fully saturated rings. The van der Waals surface area contributed by atoms with E-state index in [1.165, 1.54) is 0 Å². The molecule has 102 valence electrons. The molecule has 0 amide bonds. The summed E-state index contributed by atoms with van der Waals surface area (Å²) < 4.78 is 29.3. The van der Waals surface area contributed by atoms with Crippen LogP contribution in [0.1, 0.15) is 20.3 Å². The molecular formula is C10H17F2N5O. The zero-order valence-corrected chi connectivity index (χ0v) is 10.4. The maximum Gasteiger partial charge on any atom is 0.323 e. The molecule has 0 atom stereocenters. The van der Waals surface area contributed by atoms with Crippen LogP contribution in [0.25, 0.3) is 0 Å². The maximum absolute atomic E-state index is 12.1. The third kappa shape index (κ3) is 5.07. The second kappa shape index (κ2) is 7.57. The van der Waals surface area contributed by atoms with Gasteiger partial charge in [0.05, 0.1) is 13.2 Å². The Morgan fingerprint density at radius 1 is 1.11 bits per heavy atom. The summed E-state index contributed by atoms with van der Waals surface area (Å²) >= 11 is 0. The summed E-state index contributed by atoms with van der Waals surface area (Å²) in [6, 6.07) is 0.114. The minimum atomic E-state index is -2.47. The number of aromatic nitrogens is 3. The molecule has 1 rings (SSSR count). The quantitative estimate of drug-likeness (QED) is 0.743. The summed E-state index contributed by atoms with van der Waals surface area (Å²) in [6.07, 6.45) is -1.57. The molecule has 0 aromatic carbocycles. The van der Waals surface area contributed by atoms with Crippen LogP contribution in [0.3, 0.4) is 0 Å². The second-order valence-electron chi connectivity index (χ2n) is 3.40. The fourth-order valence-corrected chi connectivity index (χ4v) is 1.11. The topological polar surface area (TPSA) is 72.0 Å². The van der Waals surface area contributed by atoms with Crippen molar-refractivity contribution in [2.75, 3.05) is 30.3 Å². The Hall–Kier alpha value is -1.73. The molecule has 8 heteroatoms. The summed E-state index contributed by atoms with van der Waals surface area (Å²) in [6.45, 7) is 4.35. The Bertz CT molecular complexity index is 364. The normalized spacial score (nSPS) is 10.5. The smallest absolute Gasteiger partial charge is 0.323 e. The monoisotopic (exact) mass is 261 g/mol. The molecule has 6 nitrogen and oxygen atoms in total. The number of nitrogens with zero attached hydrogens (tertiary/aromatic N) is 3. The van der Waals surface area contributed by atoms with E-state index < -0.39 is 13.0 Å². The van der Waals surface area contributed by atoms with Gasteiger partial charge in [0.1, 0.15) is 0 Å². The van der Waals surface area contributed by atoms with Crippen LogP contribution in [0.2, 0.25) is 0 Å². The van der Waals surface area contributed by atoms with E-state index in [-0.39, 0.29) is 12.0 Å². The minimum absolute atomic E-state index is 0.0763. The van der Waals surface area contributed by atoms with Gasteiger partial charge in [-0.15, -0.1) is 0 Å². The lowest BCUT2D eigenvalue weighted by molar-refractivity contribution is 0.163. The van der Waals surface area contributed by atoms with Crippen LogP contribution in [-0.4, -0.2) is 41.1 Å². The third-order valence-corrected chi connectivity index (χ3v) is 1.84. The first-order chi connectivity index (χ1) is 8.65. The van der Waals surface area contributed by atoms with Crippen LogP contribution in [0.4, 0.5) is 20.7 Å². The molecule has 1 heterocycles. The van der Waals surface area contributed by atoms with Crippen molar-refractivity contribution in [2.45, 2.75) is 26.7 Å². The standard InChI is InChI=1S/C10H17F2N5O/c1-3-5-13-8-15-9(14-6-7(11)12)17-10(16-8)18-4-2/h7H,3-6H2,1-2H3,(H2,13,14,15,16,17). The van der Waals surface area contributed by atoms with Crippen LogP contribution in [0.5, 0.6) is 6.01 Å². The predicted octanol–water partition coefficient (Wildman–Crippen LogP) is 1.77. The summed E-state index contributed by atoms with van der Waals surface area (Å²) in [5.41, 5.74) is 0. The molecule has 2 N–H and O–H groups in total. The van der Waals surface area contributed by atoms with E-state index in [9.17, 15) is 8.78 Å². The number of nitrogens with one attached hydrogen (secondary N) is 2. The highest BCUT2D eigenvalue weighted by atomic mass is 19.3. The van der Waals surface area contributed by atoms with E-state index in [2.05, 4.69) is 25.6 Å². The second-order valence-corrected chi connectivity index (χ2v) is 3.40. The Morgan fingerprint density at radius 3 is 2.33 bits per heavy atom. The molecular weight excluding hydrogens is 244 g/mol. The molecule has 0 aliphatic carbocycles. The Morgan fingerprint density at radius 2 is 1.78 bits per heavy atom. The van der Waals surface area contributed by atoms with E-state index in [1.54, 1.807) is 6.92 Å². The number of hydrogen-bond acceptors (Lipinski definition) is 6.